The molecule has 0 saturated heterocycles. The molecule has 4 rings (SSSR count). The van der Waals surface area contributed by atoms with E-state index in [9.17, 15) is 18.4 Å². The van der Waals surface area contributed by atoms with E-state index >= 15 is 0 Å². The van der Waals surface area contributed by atoms with Gasteiger partial charge in [0.05, 0.1) is 11.3 Å². The van der Waals surface area contributed by atoms with Gasteiger partial charge in [0, 0.05) is 25.1 Å². The molecule has 1 aromatic heterocycles. The summed E-state index contributed by atoms with van der Waals surface area (Å²) in [5, 5.41) is 7.19. The third kappa shape index (κ3) is 4.64. The van der Waals surface area contributed by atoms with E-state index in [0.29, 0.717) is 22.5 Å². The van der Waals surface area contributed by atoms with Gasteiger partial charge in [-0.3, -0.25) is 9.59 Å². The number of rotatable bonds is 5. The molecule has 0 aliphatic carbocycles. The Morgan fingerprint density at radius 2 is 1.67 bits per heavy atom. The Hall–Kier alpha value is -4.33. The van der Waals surface area contributed by atoms with Crippen LogP contribution < -0.4 is 10.1 Å². The fourth-order valence-electron chi connectivity index (χ4n) is 3.44. The Morgan fingerprint density at radius 1 is 0.939 bits per heavy atom. The minimum atomic E-state index is -0.622. The molecule has 33 heavy (non-hydrogen) atoms. The van der Waals surface area contributed by atoms with E-state index in [1.807, 2.05) is 0 Å². The summed E-state index contributed by atoms with van der Waals surface area (Å²) in [6.07, 6.45) is 0. The maximum Gasteiger partial charge on any atom is 0.309 e. The van der Waals surface area contributed by atoms with Crippen molar-refractivity contribution in [3.63, 3.8) is 0 Å². The lowest BCUT2D eigenvalue weighted by atomic mass is 10.0. The zero-order valence-corrected chi connectivity index (χ0v) is 17.8. The first kappa shape index (κ1) is 21.9. The lowest BCUT2D eigenvalue weighted by Crippen LogP contribution is -2.08. The summed E-state index contributed by atoms with van der Waals surface area (Å²) in [7, 11) is 0. The summed E-state index contributed by atoms with van der Waals surface area (Å²) < 4.78 is 35.5. The molecule has 1 heterocycles. The second kappa shape index (κ2) is 9.04. The minimum absolute atomic E-state index is 0.0126. The predicted octanol–water partition coefficient (Wildman–Crippen LogP) is 5.37. The summed E-state index contributed by atoms with van der Waals surface area (Å²) >= 11 is 0. The molecule has 1 amide bonds. The molecule has 166 valence electrons. The topological polar surface area (TPSA) is 73.2 Å². The van der Waals surface area contributed by atoms with E-state index < -0.39 is 17.6 Å². The lowest BCUT2D eigenvalue weighted by molar-refractivity contribution is -0.132. The number of ether oxygens (including phenoxy) is 1. The van der Waals surface area contributed by atoms with E-state index in [4.69, 9.17) is 4.74 Å². The molecule has 0 aliphatic heterocycles. The highest BCUT2D eigenvalue weighted by Crippen LogP contribution is 2.41. The first-order valence-corrected chi connectivity index (χ1v) is 10.0. The van der Waals surface area contributed by atoms with Crippen LogP contribution in [0.2, 0.25) is 0 Å². The van der Waals surface area contributed by atoms with Crippen LogP contribution in [0.25, 0.3) is 28.1 Å². The van der Waals surface area contributed by atoms with Crippen molar-refractivity contribution in [1.82, 2.24) is 9.78 Å². The van der Waals surface area contributed by atoms with Crippen LogP contribution in [0.3, 0.4) is 0 Å². The number of amides is 1. The summed E-state index contributed by atoms with van der Waals surface area (Å²) in [5.41, 5.74) is 2.15. The molecule has 0 atom stereocenters. The van der Waals surface area contributed by atoms with Gasteiger partial charge >= 0.3 is 5.97 Å². The van der Waals surface area contributed by atoms with Crippen LogP contribution in [0.5, 0.6) is 5.88 Å². The molecule has 3 aromatic carbocycles. The minimum Gasteiger partial charge on any atom is -0.407 e. The molecule has 0 bridgehead atoms. The van der Waals surface area contributed by atoms with Crippen molar-refractivity contribution in [3.8, 4) is 34.0 Å². The van der Waals surface area contributed by atoms with Crippen molar-refractivity contribution in [2.75, 3.05) is 5.32 Å². The van der Waals surface area contributed by atoms with E-state index in [-0.39, 0.29) is 23.0 Å². The molecule has 0 radical (unpaired) electrons. The molecule has 0 saturated carbocycles. The molecule has 0 fully saturated rings. The second-order valence-corrected chi connectivity index (χ2v) is 7.25. The van der Waals surface area contributed by atoms with E-state index in [0.717, 1.165) is 0 Å². The molecular formula is C25H19F2N3O3. The quantitative estimate of drug-likeness (QED) is 0.418. The largest absolute Gasteiger partial charge is 0.407 e. The van der Waals surface area contributed by atoms with E-state index in [2.05, 4.69) is 10.4 Å². The number of carbonyl (C=O) groups excluding carboxylic acids is 2. The molecule has 6 nitrogen and oxygen atoms in total. The number of hydrogen-bond acceptors (Lipinski definition) is 4. The van der Waals surface area contributed by atoms with Gasteiger partial charge in [0.15, 0.2) is 0 Å². The number of benzene rings is 3. The first-order valence-electron chi connectivity index (χ1n) is 10.0. The van der Waals surface area contributed by atoms with Crippen LogP contribution in [0, 0.1) is 11.6 Å². The Bertz CT molecular complexity index is 1350. The van der Waals surface area contributed by atoms with Gasteiger partial charge in [-0.1, -0.05) is 30.3 Å². The first-order chi connectivity index (χ1) is 15.8. The van der Waals surface area contributed by atoms with Gasteiger partial charge < -0.3 is 10.1 Å². The molecule has 0 unspecified atom stereocenters. The zero-order chi connectivity index (χ0) is 23.5. The number of carbonyl (C=O) groups is 2. The van der Waals surface area contributed by atoms with Crippen molar-refractivity contribution >= 4 is 17.6 Å². The Balaban J connectivity index is 2.00. The van der Waals surface area contributed by atoms with Crippen molar-refractivity contribution < 1.29 is 23.1 Å². The fourth-order valence-corrected chi connectivity index (χ4v) is 3.44. The van der Waals surface area contributed by atoms with Crippen LogP contribution in [-0.4, -0.2) is 21.7 Å². The van der Waals surface area contributed by atoms with Crippen molar-refractivity contribution in [2.45, 2.75) is 13.8 Å². The van der Waals surface area contributed by atoms with Gasteiger partial charge in [0.1, 0.15) is 17.3 Å². The number of nitrogens with one attached hydrogen (secondary N) is 1. The van der Waals surface area contributed by atoms with Crippen molar-refractivity contribution in [2.24, 2.45) is 0 Å². The molecule has 8 heteroatoms. The Morgan fingerprint density at radius 3 is 2.30 bits per heavy atom. The highest BCUT2D eigenvalue weighted by atomic mass is 19.1. The molecule has 1 N–H and O–H groups in total. The summed E-state index contributed by atoms with van der Waals surface area (Å²) in [4.78, 5) is 23.3. The van der Waals surface area contributed by atoms with Gasteiger partial charge in [0.2, 0.25) is 11.8 Å². The van der Waals surface area contributed by atoms with Crippen LogP contribution in [-0.2, 0) is 9.59 Å². The van der Waals surface area contributed by atoms with Gasteiger partial charge in [-0.05, 0) is 48.0 Å². The molecule has 4 aromatic rings. The van der Waals surface area contributed by atoms with Crippen molar-refractivity contribution in [3.05, 3.63) is 84.4 Å². The third-order valence-corrected chi connectivity index (χ3v) is 4.76. The van der Waals surface area contributed by atoms with Gasteiger partial charge in [-0.25, -0.2) is 8.78 Å². The van der Waals surface area contributed by atoms with Crippen LogP contribution >= 0.6 is 0 Å². The number of hydrogen-bond donors (Lipinski definition) is 1. The number of aromatic nitrogens is 2. The monoisotopic (exact) mass is 447 g/mol. The Kier molecular flexibility index (Phi) is 5.99. The van der Waals surface area contributed by atoms with E-state index in [1.165, 1.54) is 42.8 Å². The van der Waals surface area contributed by atoms with Crippen LogP contribution in [0.1, 0.15) is 13.8 Å². The number of nitrogens with zero attached hydrogens (tertiary/aromatic N) is 2. The summed E-state index contributed by atoms with van der Waals surface area (Å²) in [6.45, 7) is 2.63. The number of esters is 1. The maximum atomic E-state index is 14.8. The maximum absolute atomic E-state index is 14.8. The van der Waals surface area contributed by atoms with E-state index in [1.54, 1.807) is 48.5 Å². The second-order valence-electron chi connectivity index (χ2n) is 7.25. The average molecular weight is 447 g/mol. The van der Waals surface area contributed by atoms with Gasteiger partial charge in [0.25, 0.3) is 0 Å². The average Bonchev–Trinajstić information content (AvgIpc) is 3.12. The SMILES string of the molecule is CC(=O)Nc1ccc(-c2c(-c3ccccc3F)nn(-c3cccc(F)c3)c2OC(C)=O)cc1. The number of anilines is 1. The normalized spacial score (nSPS) is 10.7. The summed E-state index contributed by atoms with van der Waals surface area (Å²) in [5.74, 6) is -1.87. The Labute approximate surface area is 188 Å². The molecule has 0 aliphatic rings. The highest BCUT2D eigenvalue weighted by molar-refractivity contribution is 5.91. The van der Waals surface area contributed by atoms with Crippen LogP contribution in [0.4, 0.5) is 14.5 Å². The number of halogens is 2. The zero-order valence-electron chi connectivity index (χ0n) is 17.8. The third-order valence-electron chi connectivity index (χ3n) is 4.76. The fraction of sp³-hybridized carbons (Fsp3) is 0.0800. The van der Waals surface area contributed by atoms with Gasteiger partial charge in [-0.15, -0.1) is 0 Å². The van der Waals surface area contributed by atoms with Crippen LogP contribution in [0.15, 0.2) is 72.8 Å². The summed E-state index contributed by atoms with van der Waals surface area (Å²) in [6, 6.07) is 18.4. The predicted molar refractivity (Wildman–Crippen MR) is 120 cm³/mol. The standard InChI is InChI=1S/C25H19F2N3O3/c1-15(31)28-19-12-10-17(11-13-19)23-24(21-8-3-4-9-22(21)27)29-30(25(23)33-16(2)32)20-7-5-6-18(26)14-20/h3-14H,1-2H3,(H,28,31). The van der Waals surface area contributed by atoms with Crippen molar-refractivity contribution in [1.29, 1.82) is 0 Å². The molecular weight excluding hydrogens is 428 g/mol. The van der Waals surface area contributed by atoms with Gasteiger partial charge in [-0.2, -0.15) is 9.78 Å². The molecule has 0 spiro atoms. The smallest absolute Gasteiger partial charge is 0.309 e. The lowest BCUT2D eigenvalue weighted by Gasteiger charge is -2.10. The highest BCUT2D eigenvalue weighted by Gasteiger charge is 2.26.